The molecule has 0 saturated carbocycles. The van der Waals surface area contributed by atoms with Crippen LogP contribution in [-0.4, -0.2) is 96.7 Å². The lowest BCUT2D eigenvalue weighted by molar-refractivity contribution is -0.161. The highest BCUT2D eigenvalue weighted by Gasteiger charge is 2.30. The molecule has 0 saturated heterocycles. The minimum absolute atomic E-state index is 0.0251. The molecule has 0 aromatic heterocycles. The van der Waals surface area contributed by atoms with Crippen LogP contribution in [0.2, 0.25) is 0 Å². The number of carbonyl (C=O) groups is 4. The van der Waals surface area contributed by atoms with Crippen molar-refractivity contribution < 1.29 is 80.2 Å². The Morgan fingerprint density at radius 3 is 0.837 bits per heavy atom. The highest BCUT2D eigenvalue weighted by molar-refractivity contribution is 7.47. The summed E-state index contributed by atoms with van der Waals surface area (Å²) in [6.45, 7) is 4.39. The van der Waals surface area contributed by atoms with Crippen molar-refractivity contribution in [1.29, 1.82) is 0 Å². The Balaban J connectivity index is 5.47. The molecule has 17 nitrogen and oxygen atoms in total. The maximum absolute atomic E-state index is 13.1. The van der Waals surface area contributed by atoms with Gasteiger partial charge >= 0.3 is 39.5 Å². The summed E-state index contributed by atoms with van der Waals surface area (Å²) in [7, 11) is -10.0. The predicted molar refractivity (Wildman–Crippen MR) is 427 cm³/mol. The third-order valence-corrected chi connectivity index (χ3v) is 17.9. The van der Waals surface area contributed by atoms with Crippen LogP contribution in [0.5, 0.6) is 0 Å². The number of carbonyl (C=O) groups excluding carboxylic acids is 4. The minimum atomic E-state index is -5.01. The van der Waals surface area contributed by atoms with E-state index in [9.17, 15) is 43.2 Å². The molecular formula is C85H140O17P2. The first-order valence-electron chi connectivity index (χ1n) is 39.7. The van der Waals surface area contributed by atoms with Gasteiger partial charge < -0.3 is 33.8 Å². The first-order chi connectivity index (χ1) is 50.7. The number of esters is 4. The Labute approximate surface area is 629 Å². The molecule has 0 aromatic rings. The summed E-state index contributed by atoms with van der Waals surface area (Å²) in [5.74, 6) is -2.32. The van der Waals surface area contributed by atoms with Crippen molar-refractivity contribution in [2.75, 3.05) is 39.6 Å². The molecule has 0 bridgehead atoms. The number of aliphatic hydroxyl groups is 1. The van der Waals surface area contributed by atoms with Crippen molar-refractivity contribution in [3.63, 3.8) is 0 Å². The molecular weight excluding hydrogens is 1350 g/mol. The van der Waals surface area contributed by atoms with Crippen LogP contribution in [0.15, 0.2) is 158 Å². The average molecular weight is 1500 g/mol. The van der Waals surface area contributed by atoms with Gasteiger partial charge in [0.2, 0.25) is 0 Å². The minimum Gasteiger partial charge on any atom is -0.462 e. The fourth-order valence-corrected chi connectivity index (χ4v) is 11.6. The molecule has 0 aliphatic heterocycles. The van der Waals surface area contributed by atoms with Gasteiger partial charge in [-0.15, -0.1) is 0 Å². The highest BCUT2D eigenvalue weighted by Crippen LogP contribution is 2.45. The van der Waals surface area contributed by atoms with E-state index in [1.54, 1.807) is 0 Å². The molecule has 104 heavy (non-hydrogen) atoms. The lowest BCUT2D eigenvalue weighted by atomic mass is 10.1. The summed E-state index contributed by atoms with van der Waals surface area (Å²) < 4.78 is 68.5. The largest absolute Gasteiger partial charge is 0.472 e. The standard InChI is InChI=1S/C85H140O17P2/c1-5-9-13-17-21-25-29-33-37-39-43-45-49-53-57-61-65-69-82(87)95-75-80(101-84(89)71-67-63-59-55-51-47-41-35-31-27-23-19-15-11-7-3)77-99-103(91,92)97-73-79(86)74-98-104(93,94)100-78-81(102-85(90)72-68-64-60-56-52-48-42-36-32-28-24-20-16-12-8-4)76-96-83(88)70-66-62-58-54-50-46-44-40-38-34-30-26-22-18-14-10-6-2/h9-11,13-15,21-23,25-27,33-38,41-43,45,51,53,55,57,79-81,86H,5-8,12,16-20,24,28-32,39-40,44,46-50,52,54,56,58-78H2,1-4H3,(H,91,92)(H,93,94)/b13-9-,14-10-,15-11-,25-21-,26-22-,27-23-,37-33-,38-34-,41-35-,42-36-,45-43-,55-51-,57-53-. The van der Waals surface area contributed by atoms with E-state index in [1.165, 1.54) is 38.5 Å². The van der Waals surface area contributed by atoms with Gasteiger partial charge in [-0.05, 0) is 161 Å². The van der Waals surface area contributed by atoms with Gasteiger partial charge in [-0.3, -0.25) is 37.3 Å². The summed E-state index contributed by atoms with van der Waals surface area (Å²) in [6, 6.07) is 0. The van der Waals surface area contributed by atoms with E-state index in [4.69, 9.17) is 37.0 Å². The number of rotatable bonds is 73. The Bertz CT molecular complexity index is 2590. The van der Waals surface area contributed by atoms with Crippen molar-refractivity contribution in [3.8, 4) is 0 Å². The predicted octanol–water partition coefficient (Wildman–Crippen LogP) is 23.2. The summed E-state index contributed by atoms with van der Waals surface area (Å²) >= 11 is 0. The van der Waals surface area contributed by atoms with Gasteiger partial charge in [0.25, 0.3) is 0 Å². The second-order valence-electron chi connectivity index (χ2n) is 25.9. The zero-order chi connectivity index (χ0) is 76.0. The summed E-state index contributed by atoms with van der Waals surface area (Å²) in [5.41, 5.74) is 0. The van der Waals surface area contributed by atoms with Crippen LogP contribution in [0, 0.1) is 0 Å². The van der Waals surface area contributed by atoms with Crippen molar-refractivity contribution in [2.45, 2.75) is 316 Å². The van der Waals surface area contributed by atoms with E-state index in [0.717, 1.165) is 167 Å². The zero-order valence-electron chi connectivity index (χ0n) is 64.6. The molecule has 0 rings (SSSR count). The molecule has 0 fully saturated rings. The number of phosphoric ester groups is 2. The van der Waals surface area contributed by atoms with E-state index < -0.39 is 97.5 Å². The number of ether oxygens (including phenoxy) is 4. The number of hydrogen-bond donors (Lipinski definition) is 3. The van der Waals surface area contributed by atoms with Gasteiger partial charge in [0, 0.05) is 25.7 Å². The lowest BCUT2D eigenvalue weighted by Crippen LogP contribution is -2.30. The van der Waals surface area contributed by atoms with Crippen LogP contribution >= 0.6 is 15.6 Å². The van der Waals surface area contributed by atoms with Crippen molar-refractivity contribution in [2.24, 2.45) is 0 Å². The topological polar surface area (TPSA) is 237 Å². The SMILES string of the molecule is CC/C=C\C/C=C\C/C=C\C/C=C\C/C=C\CCCC(=O)OCC(COP(=O)(O)OCC(O)COP(=O)(O)OCC(COC(=O)CCCCCCCCC/C=C\C/C=C\C/C=C\CC)OC(=O)CCCCCCC/C=C\CCCCCCCC)OC(=O)CCCC/C=C\C/C=C\C/C=C\C/C=C\CC. The van der Waals surface area contributed by atoms with Crippen molar-refractivity contribution >= 4 is 39.5 Å². The fraction of sp³-hybridized carbons (Fsp3) is 0.647. The van der Waals surface area contributed by atoms with E-state index in [0.29, 0.717) is 38.5 Å². The molecule has 3 N–H and O–H groups in total. The molecule has 0 aromatic carbocycles. The molecule has 592 valence electrons. The number of allylic oxidation sites excluding steroid dienone is 26. The Hall–Kier alpha value is -5.32. The average Bonchev–Trinajstić information content (AvgIpc) is 0.937. The van der Waals surface area contributed by atoms with Crippen LogP contribution in [0.4, 0.5) is 0 Å². The summed E-state index contributed by atoms with van der Waals surface area (Å²) in [6.07, 6.45) is 88.1. The van der Waals surface area contributed by atoms with Crippen LogP contribution in [-0.2, 0) is 65.4 Å². The van der Waals surface area contributed by atoms with Crippen molar-refractivity contribution in [1.82, 2.24) is 0 Å². The summed E-state index contributed by atoms with van der Waals surface area (Å²) in [4.78, 5) is 73.0. The number of aliphatic hydroxyl groups excluding tert-OH is 1. The molecule has 5 unspecified atom stereocenters. The maximum atomic E-state index is 13.1. The fourth-order valence-electron chi connectivity index (χ4n) is 10.0. The molecule has 0 spiro atoms. The van der Waals surface area contributed by atoms with Gasteiger partial charge in [-0.1, -0.05) is 269 Å². The number of phosphoric acid groups is 2. The molecule has 0 heterocycles. The smallest absolute Gasteiger partial charge is 0.462 e. The first kappa shape index (κ1) is 98.7. The van der Waals surface area contributed by atoms with Crippen LogP contribution in [0.25, 0.3) is 0 Å². The third kappa shape index (κ3) is 74.9. The molecule has 19 heteroatoms. The van der Waals surface area contributed by atoms with Crippen molar-refractivity contribution in [3.05, 3.63) is 158 Å². The van der Waals surface area contributed by atoms with E-state index in [2.05, 4.69) is 174 Å². The van der Waals surface area contributed by atoms with Crippen LogP contribution in [0.1, 0.15) is 297 Å². The van der Waals surface area contributed by atoms with Crippen LogP contribution in [0.3, 0.4) is 0 Å². The maximum Gasteiger partial charge on any atom is 0.472 e. The molecule has 0 radical (unpaired) electrons. The van der Waals surface area contributed by atoms with Gasteiger partial charge in [0.15, 0.2) is 12.2 Å². The van der Waals surface area contributed by atoms with E-state index in [-0.39, 0.29) is 25.7 Å². The summed E-state index contributed by atoms with van der Waals surface area (Å²) in [5, 5.41) is 10.6. The Morgan fingerprint density at radius 1 is 0.279 bits per heavy atom. The zero-order valence-corrected chi connectivity index (χ0v) is 66.4. The molecule has 0 aliphatic rings. The highest BCUT2D eigenvalue weighted by atomic mass is 31.2. The van der Waals surface area contributed by atoms with Gasteiger partial charge in [0.05, 0.1) is 26.4 Å². The van der Waals surface area contributed by atoms with E-state index >= 15 is 0 Å². The van der Waals surface area contributed by atoms with Crippen LogP contribution < -0.4 is 0 Å². The van der Waals surface area contributed by atoms with E-state index in [1.807, 2.05) is 12.2 Å². The van der Waals surface area contributed by atoms with Gasteiger partial charge in [0.1, 0.15) is 19.3 Å². The normalized spacial score (nSPS) is 14.7. The number of hydrogen-bond acceptors (Lipinski definition) is 15. The van der Waals surface area contributed by atoms with Gasteiger partial charge in [-0.2, -0.15) is 0 Å². The second kappa shape index (κ2) is 75.9. The monoisotopic (exact) mass is 1490 g/mol. The Morgan fingerprint density at radius 2 is 0.510 bits per heavy atom. The molecule has 0 amide bonds. The lowest BCUT2D eigenvalue weighted by Gasteiger charge is -2.21. The quantitative estimate of drug-likeness (QED) is 0.0169. The Kier molecular flexibility index (Phi) is 72.0. The molecule has 5 atom stereocenters. The second-order valence-corrected chi connectivity index (χ2v) is 28.8. The number of unbranched alkanes of at least 4 members (excludes halogenated alkanes) is 21. The molecule has 0 aliphatic carbocycles. The first-order valence-corrected chi connectivity index (χ1v) is 42.7. The van der Waals surface area contributed by atoms with Gasteiger partial charge in [-0.25, -0.2) is 9.13 Å². The third-order valence-electron chi connectivity index (χ3n) is 16.0.